The first-order valence-corrected chi connectivity index (χ1v) is 18.6. The van der Waals surface area contributed by atoms with Crippen LogP contribution in [0.25, 0.3) is 0 Å². The van der Waals surface area contributed by atoms with Crippen molar-refractivity contribution in [3.63, 3.8) is 0 Å². The fourth-order valence-corrected chi connectivity index (χ4v) is 7.58. The van der Waals surface area contributed by atoms with Gasteiger partial charge in [0.2, 0.25) is 0 Å². The molecule has 2 aromatic carbocycles. The van der Waals surface area contributed by atoms with E-state index in [0.717, 1.165) is 24.3 Å². The molecule has 2 aromatic rings. The second kappa shape index (κ2) is 11.6. The van der Waals surface area contributed by atoms with Crippen molar-refractivity contribution in [2.45, 2.75) is 75.1 Å². The Balaban J connectivity index is 2.07. The molecule has 0 aromatic heterocycles. The third-order valence-electron chi connectivity index (χ3n) is 4.76. The van der Waals surface area contributed by atoms with Gasteiger partial charge in [-0.05, 0) is 0 Å². The molecular formula is C24H36O2Sn. The van der Waals surface area contributed by atoms with E-state index in [1.807, 2.05) is 0 Å². The topological polar surface area (TPSA) is 18.5 Å². The van der Waals surface area contributed by atoms with E-state index in [4.69, 9.17) is 6.15 Å². The summed E-state index contributed by atoms with van der Waals surface area (Å²) in [4.78, 5) is 4.42. The van der Waals surface area contributed by atoms with Crippen molar-refractivity contribution in [3.05, 3.63) is 59.7 Å². The molecule has 3 heteroatoms. The number of hydrogen-bond acceptors (Lipinski definition) is 2. The van der Waals surface area contributed by atoms with E-state index in [2.05, 4.69) is 72.3 Å². The summed E-state index contributed by atoms with van der Waals surface area (Å²) in [5.41, 5.74) is 2.63. The summed E-state index contributed by atoms with van der Waals surface area (Å²) < 4.78 is 13.1. The van der Waals surface area contributed by atoms with Gasteiger partial charge in [0.25, 0.3) is 0 Å². The Labute approximate surface area is 171 Å². The second-order valence-corrected chi connectivity index (χ2v) is 16.9. The number of unbranched alkanes of at least 4 members (excludes halogenated alkanes) is 4. The number of para-hydroxylation sites is 2. The van der Waals surface area contributed by atoms with Crippen LogP contribution >= 0.6 is 0 Å². The number of aryl methyl sites for hydroxylation is 2. The van der Waals surface area contributed by atoms with Crippen LogP contribution in [0.5, 0.6) is 11.5 Å². The van der Waals surface area contributed by atoms with E-state index in [0.29, 0.717) is 0 Å². The van der Waals surface area contributed by atoms with Crippen LogP contribution in [-0.2, 0) is 12.8 Å². The van der Waals surface area contributed by atoms with Gasteiger partial charge in [0.1, 0.15) is 0 Å². The van der Waals surface area contributed by atoms with E-state index in [1.54, 1.807) is 0 Å². The molecule has 0 heterocycles. The molecule has 0 atom stereocenters. The Morgan fingerprint density at radius 1 is 0.630 bits per heavy atom. The van der Waals surface area contributed by atoms with E-state index in [9.17, 15) is 0 Å². The average molecular weight is 475 g/mol. The predicted molar refractivity (Wildman–Crippen MR) is 118 cm³/mol. The Morgan fingerprint density at radius 2 is 1.04 bits per heavy atom. The molecule has 0 aliphatic carbocycles. The Kier molecular flexibility index (Phi) is 9.53. The van der Waals surface area contributed by atoms with Gasteiger partial charge in [-0.2, -0.15) is 0 Å². The molecule has 27 heavy (non-hydrogen) atoms. The van der Waals surface area contributed by atoms with E-state index < -0.39 is 19.2 Å². The molecule has 0 fully saturated rings. The third kappa shape index (κ3) is 7.77. The minimum absolute atomic E-state index is 1.03. The zero-order valence-corrected chi connectivity index (χ0v) is 20.4. The molecule has 2 rings (SSSR count). The zero-order chi connectivity index (χ0) is 19.5. The molecule has 2 nitrogen and oxygen atoms in total. The summed E-state index contributed by atoms with van der Waals surface area (Å²) in [5.74, 6) is 2.05. The van der Waals surface area contributed by atoms with Crippen molar-refractivity contribution in [1.82, 2.24) is 0 Å². The van der Waals surface area contributed by atoms with Gasteiger partial charge in [0, 0.05) is 0 Å². The van der Waals surface area contributed by atoms with Crippen molar-refractivity contribution in [1.29, 1.82) is 0 Å². The standard InChI is InChI=1S/2C11H16O.2CH3.Sn/c2*1-2-3-4-7-10-8-5-6-9-11(10)12;;;/h2*5-6,8-9,12H,2-4,7H2,1H3;2*1H3;/q;;;;+2/p-2. The van der Waals surface area contributed by atoms with E-state index >= 15 is 0 Å². The Bertz CT molecular complexity index is 624. The molecule has 0 amide bonds. The fourth-order valence-electron chi connectivity index (χ4n) is 3.30. The van der Waals surface area contributed by atoms with Gasteiger partial charge in [-0.25, -0.2) is 0 Å². The molecule has 0 spiro atoms. The van der Waals surface area contributed by atoms with Crippen LogP contribution in [0.1, 0.15) is 63.5 Å². The summed E-state index contributed by atoms with van der Waals surface area (Å²) in [6, 6.07) is 17.0. The maximum absolute atomic E-state index is 6.54. The number of hydrogen-bond donors (Lipinski definition) is 0. The Hall–Kier alpha value is -1.16. The van der Waals surface area contributed by atoms with Crippen molar-refractivity contribution in [2.75, 3.05) is 0 Å². The molecule has 0 aliphatic rings. The fraction of sp³-hybridized carbons (Fsp3) is 0.500. The van der Waals surface area contributed by atoms with E-state index in [-0.39, 0.29) is 0 Å². The summed E-state index contributed by atoms with van der Waals surface area (Å²) in [7, 11) is 0. The molecule has 0 saturated heterocycles. The second-order valence-electron chi connectivity index (χ2n) is 7.73. The first kappa shape index (κ1) is 22.1. The summed E-state index contributed by atoms with van der Waals surface area (Å²) in [6.07, 6.45) is 9.61. The van der Waals surface area contributed by atoms with Crippen molar-refractivity contribution < 1.29 is 6.15 Å². The van der Waals surface area contributed by atoms with Gasteiger partial charge >= 0.3 is 172 Å². The van der Waals surface area contributed by atoms with E-state index in [1.165, 1.54) is 49.7 Å². The van der Waals surface area contributed by atoms with Crippen LogP contribution in [0.2, 0.25) is 9.88 Å². The molecule has 0 radical (unpaired) electrons. The number of rotatable bonds is 12. The van der Waals surface area contributed by atoms with Gasteiger partial charge in [0.15, 0.2) is 0 Å². The molecule has 0 bridgehead atoms. The summed E-state index contributed by atoms with van der Waals surface area (Å²) in [5, 5.41) is 0. The number of benzene rings is 2. The van der Waals surface area contributed by atoms with Crippen molar-refractivity contribution in [2.24, 2.45) is 0 Å². The van der Waals surface area contributed by atoms with Crippen molar-refractivity contribution >= 4 is 19.2 Å². The molecule has 0 N–H and O–H groups in total. The minimum atomic E-state index is -3.17. The third-order valence-corrected chi connectivity index (χ3v) is 8.82. The van der Waals surface area contributed by atoms with Crippen LogP contribution in [0.15, 0.2) is 48.5 Å². The molecule has 148 valence electrons. The average Bonchev–Trinajstić information content (AvgIpc) is 2.64. The van der Waals surface area contributed by atoms with Gasteiger partial charge in [-0.1, -0.05) is 0 Å². The molecular weight excluding hydrogens is 439 g/mol. The SMILES string of the molecule is CCCCCc1ccccc1[O][Sn]([CH3])([CH3])[O]c1ccccc1CCCCC. The van der Waals surface area contributed by atoms with Crippen LogP contribution in [0.3, 0.4) is 0 Å². The molecule has 0 aliphatic heterocycles. The monoisotopic (exact) mass is 476 g/mol. The zero-order valence-electron chi connectivity index (χ0n) is 17.6. The first-order valence-electron chi connectivity index (χ1n) is 10.6. The van der Waals surface area contributed by atoms with Crippen LogP contribution in [0, 0.1) is 0 Å². The predicted octanol–water partition coefficient (Wildman–Crippen LogP) is 7.31. The summed E-state index contributed by atoms with van der Waals surface area (Å²) in [6.45, 7) is 4.49. The first-order chi connectivity index (χ1) is 13.1. The molecule has 0 unspecified atom stereocenters. The van der Waals surface area contributed by atoms with Crippen LogP contribution in [-0.4, -0.2) is 19.2 Å². The van der Waals surface area contributed by atoms with Crippen LogP contribution in [0.4, 0.5) is 0 Å². The quantitative estimate of drug-likeness (QED) is 0.237. The maximum atomic E-state index is 6.54. The van der Waals surface area contributed by atoms with Gasteiger partial charge in [0.05, 0.1) is 0 Å². The normalized spacial score (nSPS) is 11.4. The molecule has 0 saturated carbocycles. The van der Waals surface area contributed by atoms with Gasteiger partial charge in [-0.3, -0.25) is 0 Å². The van der Waals surface area contributed by atoms with Gasteiger partial charge < -0.3 is 0 Å². The van der Waals surface area contributed by atoms with Crippen LogP contribution < -0.4 is 6.15 Å². The van der Waals surface area contributed by atoms with Gasteiger partial charge in [-0.15, -0.1) is 0 Å². The Morgan fingerprint density at radius 3 is 1.44 bits per heavy atom. The van der Waals surface area contributed by atoms with Crippen molar-refractivity contribution in [3.8, 4) is 11.5 Å². The summed E-state index contributed by atoms with van der Waals surface area (Å²) >= 11 is -3.17.